The first-order valence-electron chi connectivity index (χ1n) is 9.00. The molecule has 0 unspecified atom stereocenters. The molecule has 3 aromatic rings. The van der Waals surface area contributed by atoms with Gasteiger partial charge in [0.2, 0.25) is 6.20 Å². The van der Waals surface area contributed by atoms with Gasteiger partial charge in [0.1, 0.15) is 5.92 Å². The number of carbonyl (C=O) groups is 1. The monoisotopic (exact) mass is 467 g/mol. The molecule has 0 amide bonds. The molecule has 0 saturated carbocycles. The van der Waals surface area contributed by atoms with Crippen LogP contribution in [-0.4, -0.2) is 18.0 Å². The van der Waals surface area contributed by atoms with Crippen molar-refractivity contribution in [1.82, 2.24) is 0 Å². The topological polar surface area (TPSA) is 78.7 Å². The molecule has 0 atom stereocenters. The van der Waals surface area contributed by atoms with Crippen LogP contribution in [0.2, 0.25) is 0 Å². The Bertz CT molecular complexity index is 1030. The highest BCUT2D eigenvalue weighted by Crippen LogP contribution is 2.38. The van der Waals surface area contributed by atoms with Crippen LogP contribution in [0.15, 0.2) is 83.5 Å². The predicted octanol–water partition coefficient (Wildman–Crippen LogP) is 5.44. The van der Waals surface area contributed by atoms with Gasteiger partial charge in [0.05, 0.1) is 16.5 Å². The van der Waals surface area contributed by atoms with Crippen LogP contribution in [-0.2, 0) is 4.79 Å². The normalized spacial score (nSPS) is 10.9. The van der Waals surface area contributed by atoms with Crippen LogP contribution in [0, 0.1) is 10.1 Å². The lowest BCUT2D eigenvalue weighted by Gasteiger charge is -2.19. The Morgan fingerprint density at radius 2 is 1.60 bits per heavy atom. The van der Waals surface area contributed by atoms with Crippen LogP contribution in [0.1, 0.15) is 22.6 Å². The number of rotatable bonds is 7. The van der Waals surface area contributed by atoms with Crippen LogP contribution in [0.4, 0.5) is 0 Å². The van der Waals surface area contributed by atoms with Gasteiger partial charge >= 0.3 is 5.97 Å². The summed E-state index contributed by atoms with van der Waals surface area (Å²) < 4.78 is 11.5. The third-order valence-electron chi connectivity index (χ3n) is 4.34. The van der Waals surface area contributed by atoms with Crippen molar-refractivity contribution >= 4 is 28.0 Å². The summed E-state index contributed by atoms with van der Waals surface area (Å²) in [5.41, 5.74) is 2.13. The molecular formula is C23H18BrNO5. The number of hydrogen-bond donors (Lipinski definition) is 0. The highest BCUT2D eigenvalue weighted by molar-refractivity contribution is 9.10. The number of ether oxygens (including phenoxy) is 2. The maximum Gasteiger partial charge on any atom is 0.323 e. The van der Waals surface area contributed by atoms with E-state index in [1.54, 1.807) is 12.1 Å². The van der Waals surface area contributed by atoms with Gasteiger partial charge in [-0.2, -0.15) is 0 Å². The summed E-state index contributed by atoms with van der Waals surface area (Å²) in [6.07, 6.45) is 2.16. The number of esters is 1. The second-order valence-corrected chi connectivity index (χ2v) is 7.17. The van der Waals surface area contributed by atoms with Crippen LogP contribution in [0.3, 0.4) is 0 Å². The average molecular weight is 468 g/mol. The molecule has 0 N–H and O–H groups in total. The smallest absolute Gasteiger partial charge is 0.323 e. The Kier molecular flexibility index (Phi) is 6.98. The van der Waals surface area contributed by atoms with E-state index in [4.69, 9.17) is 9.47 Å². The van der Waals surface area contributed by atoms with Gasteiger partial charge < -0.3 is 9.47 Å². The van der Waals surface area contributed by atoms with E-state index in [-0.39, 0.29) is 11.5 Å². The minimum atomic E-state index is -0.627. The number of halogens is 1. The number of methoxy groups -OCH3 is 1. The van der Waals surface area contributed by atoms with Gasteiger partial charge in [0.25, 0.3) is 0 Å². The van der Waals surface area contributed by atoms with E-state index in [1.807, 2.05) is 60.7 Å². The summed E-state index contributed by atoms with van der Waals surface area (Å²) in [5, 5.41) is 10.6. The summed E-state index contributed by atoms with van der Waals surface area (Å²) in [7, 11) is 1.44. The Hall–Kier alpha value is -3.45. The molecule has 0 heterocycles. The fourth-order valence-corrected chi connectivity index (χ4v) is 3.54. The molecule has 3 aromatic carbocycles. The van der Waals surface area contributed by atoms with Crippen LogP contribution < -0.4 is 9.47 Å². The van der Waals surface area contributed by atoms with Crippen LogP contribution >= 0.6 is 15.9 Å². The molecule has 7 heteroatoms. The Labute approximate surface area is 182 Å². The summed E-state index contributed by atoms with van der Waals surface area (Å²) in [4.78, 5) is 23.3. The van der Waals surface area contributed by atoms with E-state index in [2.05, 4.69) is 15.9 Å². The van der Waals surface area contributed by atoms with Crippen molar-refractivity contribution < 1.29 is 19.2 Å². The highest BCUT2D eigenvalue weighted by Gasteiger charge is 2.26. The lowest BCUT2D eigenvalue weighted by molar-refractivity contribution is -0.400. The van der Waals surface area contributed by atoms with E-state index < -0.39 is 16.8 Å². The number of benzene rings is 3. The summed E-state index contributed by atoms with van der Waals surface area (Å²) in [6, 6.07) is 21.9. The van der Waals surface area contributed by atoms with Gasteiger partial charge in [-0.1, -0.05) is 60.7 Å². The first kappa shape index (κ1) is 21.3. The molecule has 152 valence electrons. The number of nitrogens with zero attached hydrogens (tertiary/aromatic N) is 1. The predicted molar refractivity (Wildman–Crippen MR) is 117 cm³/mol. The van der Waals surface area contributed by atoms with Gasteiger partial charge in [0.15, 0.2) is 11.5 Å². The number of carbonyl (C=O) groups excluding carboxylic acids is 1. The molecule has 0 bridgehead atoms. The largest absolute Gasteiger partial charge is 0.493 e. The lowest BCUT2D eigenvalue weighted by atomic mass is 9.91. The van der Waals surface area contributed by atoms with Gasteiger partial charge in [-0.15, -0.1) is 0 Å². The zero-order valence-electron chi connectivity index (χ0n) is 16.0. The Morgan fingerprint density at radius 3 is 2.10 bits per heavy atom. The molecule has 30 heavy (non-hydrogen) atoms. The van der Waals surface area contributed by atoms with Crippen LogP contribution in [0.25, 0.3) is 6.08 Å². The van der Waals surface area contributed by atoms with Crippen molar-refractivity contribution in [3.8, 4) is 11.5 Å². The van der Waals surface area contributed by atoms with E-state index in [1.165, 1.54) is 13.2 Å². The third kappa shape index (κ3) is 5.12. The zero-order chi connectivity index (χ0) is 21.5. The van der Waals surface area contributed by atoms with Crippen molar-refractivity contribution in [3.63, 3.8) is 0 Å². The van der Waals surface area contributed by atoms with Gasteiger partial charge in [0, 0.05) is 6.08 Å². The molecule has 0 fully saturated rings. The zero-order valence-corrected chi connectivity index (χ0v) is 17.6. The minimum absolute atomic E-state index is 0.206. The van der Waals surface area contributed by atoms with E-state index >= 15 is 0 Å². The lowest BCUT2D eigenvalue weighted by Crippen LogP contribution is -2.20. The van der Waals surface area contributed by atoms with Crippen molar-refractivity contribution in [1.29, 1.82) is 0 Å². The third-order valence-corrected chi connectivity index (χ3v) is 4.93. The molecule has 0 aliphatic heterocycles. The molecule has 0 radical (unpaired) electrons. The Balaban J connectivity index is 1.97. The molecule has 6 nitrogen and oxygen atoms in total. The Morgan fingerprint density at radius 1 is 1.03 bits per heavy atom. The fraction of sp³-hybridized carbons (Fsp3) is 0.0870. The van der Waals surface area contributed by atoms with Gasteiger partial charge in [-0.25, -0.2) is 0 Å². The standard InChI is InChI=1S/C23H18BrNO5/c1-29-20-15-16(12-13-25(27)28)14-19(24)22(20)30-23(26)21(17-8-4-2-5-9-17)18-10-6-3-7-11-18/h2-15,21H,1H3. The molecular weight excluding hydrogens is 450 g/mol. The first-order valence-corrected chi connectivity index (χ1v) is 9.79. The second-order valence-electron chi connectivity index (χ2n) is 6.31. The molecule has 0 aliphatic carbocycles. The highest BCUT2D eigenvalue weighted by atomic mass is 79.9. The van der Waals surface area contributed by atoms with E-state index in [0.29, 0.717) is 10.0 Å². The molecule has 0 saturated heterocycles. The van der Waals surface area contributed by atoms with Crippen molar-refractivity contribution in [2.24, 2.45) is 0 Å². The molecule has 0 spiro atoms. The minimum Gasteiger partial charge on any atom is -0.493 e. The van der Waals surface area contributed by atoms with Crippen molar-refractivity contribution in [2.45, 2.75) is 5.92 Å². The molecule has 3 rings (SSSR count). The maximum atomic E-state index is 13.2. The maximum absolute atomic E-state index is 13.2. The van der Waals surface area contributed by atoms with Gasteiger partial charge in [-0.05, 0) is 44.8 Å². The first-order chi connectivity index (χ1) is 14.5. The van der Waals surface area contributed by atoms with Crippen LogP contribution in [0.5, 0.6) is 11.5 Å². The summed E-state index contributed by atoms with van der Waals surface area (Å²) in [5.74, 6) is -0.615. The summed E-state index contributed by atoms with van der Waals surface area (Å²) in [6.45, 7) is 0. The SMILES string of the molecule is COc1cc(C=C[N+](=O)[O-])cc(Br)c1OC(=O)C(c1ccccc1)c1ccccc1. The second kappa shape index (κ2) is 9.84. The summed E-state index contributed by atoms with van der Waals surface area (Å²) >= 11 is 3.37. The van der Waals surface area contributed by atoms with Crippen molar-refractivity contribution in [3.05, 3.63) is 110 Å². The average Bonchev–Trinajstić information content (AvgIpc) is 2.75. The number of nitro groups is 1. The van der Waals surface area contributed by atoms with E-state index in [9.17, 15) is 14.9 Å². The molecule has 0 aliphatic rings. The fourth-order valence-electron chi connectivity index (χ4n) is 3.00. The van der Waals surface area contributed by atoms with E-state index in [0.717, 1.165) is 17.3 Å². The number of hydrogen-bond acceptors (Lipinski definition) is 5. The quantitative estimate of drug-likeness (QED) is 0.200. The van der Waals surface area contributed by atoms with Crippen molar-refractivity contribution in [2.75, 3.05) is 7.11 Å². The molecule has 0 aromatic heterocycles. The van der Waals surface area contributed by atoms with Gasteiger partial charge in [-0.3, -0.25) is 14.9 Å².